The molecule has 1 aliphatic heterocycles. The molecule has 1 fully saturated rings. The van der Waals surface area contributed by atoms with E-state index in [0.29, 0.717) is 18.7 Å². The van der Waals surface area contributed by atoms with Gasteiger partial charge in [-0.05, 0) is 48.9 Å². The van der Waals surface area contributed by atoms with Crippen LogP contribution in [0.2, 0.25) is 0 Å². The fourth-order valence-electron chi connectivity index (χ4n) is 4.04. The highest BCUT2D eigenvalue weighted by atomic mass is 16.2. The number of pyridine rings is 1. The number of hydrogen-bond acceptors (Lipinski definition) is 3. The molecule has 2 aromatic rings. The first-order valence-electron chi connectivity index (χ1n) is 9.30. The number of rotatable bonds is 3. The summed E-state index contributed by atoms with van der Waals surface area (Å²) in [6.45, 7) is 1.41. The summed E-state index contributed by atoms with van der Waals surface area (Å²) in [7, 11) is 0. The van der Waals surface area contributed by atoms with E-state index in [4.69, 9.17) is 0 Å². The molecule has 0 radical (unpaired) electrons. The summed E-state index contributed by atoms with van der Waals surface area (Å²) < 4.78 is 0. The monoisotopic (exact) mass is 349 g/mol. The Morgan fingerprint density at radius 3 is 2.62 bits per heavy atom. The molecule has 1 aromatic carbocycles. The van der Waals surface area contributed by atoms with Gasteiger partial charge in [0.05, 0.1) is 11.5 Å². The fourth-order valence-corrected chi connectivity index (χ4v) is 4.04. The van der Waals surface area contributed by atoms with Crippen molar-refractivity contribution >= 4 is 11.8 Å². The third-order valence-corrected chi connectivity index (χ3v) is 5.50. The minimum absolute atomic E-state index is 0.00716. The van der Waals surface area contributed by atoms with Crippen molar-refractivity contribution in [1.29, 1.82) is 0 Å². The van der Waals surface area contributed by atoms with Crippen LogP contribution in [0.5, 0.6) is 0 Å². The lowest BCUT2D eigenvalue weighted by atomic mass is 9.97. The van der Waals surface area contributed by atoms with Crippen molar-refractivity contribution in [1.82, 2.24) is 15.2 Å². The first kappa shape index (κ1) is 16.8. The highest BCUT2D eigenvalue weighted by Gasteiger charge is 2.33. The van der Waals surface area contributed by atoms with Gasteiger partial charge in [0, 0.05) is 31.5 Å². The molecular formula is C21H23N3O2. The average Bonchev–Trinajstić information content (AvgIpc) is 3.13. The van der Waals surface area contributed by atoms with E-state index in [-0.39, 0.29) is 23.8 Å². The molecule has 0 saturated carbocycles. The molecule has 2 heterocycles. The number of nitrogens with zero attached hydrogens (tertiary/aromatic N) is 2. The molecule has 1 aliphatic carbocycles. The Balaban J connectivity index is 1.33. The highest BCUT2D eigenvalue weighted by Crippen LogP contribution is 2.34. The molecule has 2 amide bonds. The molecule has 0 unspecified atom stereocenters. The second-order valence-corrected chi connectivity index (χ2v) is 7.10. The van der Waals surface area contributed by atoms with Crippen molar-refractivity contribution < 1.29 is 9.59 Å². The molecule has 0 bridgehead atoms. The Hall–Kier alpha value is -2.69. The van der Waals surface area contributed by atoms with E-state index < -0.39 is 0 Å². The fraction of sp³-hybridized carbons (Fsp3) is 0.381. The normalized spacial score (nSPS) is 19.8. The molecule has 1 N–H and O–H groups in total. The second kappa shape index (κ2) is 7.28. The number of amides is 2. The summed E-state index contributed by atoms with van der Waals surface area (Å²) in [5, 5.41) is 3.06. The van der Waals surface area contributed by atoms with Gasteiger partial charge in [-0.3, -0.25) is 14.6 Å². The maximum absolute atomic E-state index is 12.9. The molecule has 134 valence electrons. The van der Waals surface area contributed by atoms with E-state index in [1.807, 2.05) is 17.0 Å². The summed E-state index contributed by atoms with van der Waals surface area (Å²) in [6.07, 6.45) is 6.73. The third kappa shape index (κ3) is 3.34. The van der Waals surface area contributed by atoms with Gasteiger partial charge in [-0.1, -0.05) is 24.3 Å². The maximum Gasteiger partial charge on any atom is 0.253 e. The SMILES string of the molecule is O=C(NC1CCN(C(=O)[C@H]2CCc3ccccc32)CC1)c1cccnc1. The van der Waals surface area contributed by atoms with Crippen LogP contribution in [-0.4, -0.2) is 40.8 Å². The van der Waals surface area contributed by atoms with Crippen LogP contribution in [0.25, 0.3) is 0 Å². The van der Waals surface area contributed by atoms with E-state index in [9.17, 15) is 9.59 Å². The van der Waals surface area contributed by atoms with E-state index in [1.54, 1.807) is 24.5 Å². The van der Waals surface area contributed by atoms with E-state index in [2.05, 4.69) is 22.4 Å². The number of piperidine rings is 1. The van der Waals surface area contributed by atoms with Gasteiger partial charge >= 0.3 is 0 Å². The second-order valence-electron chi connectivity index (χ2n) is 7.10. The molecule has 5 nitrogen and oxygen atoms in total. The lowest BCUT2D eigenvalue weighted by Crippen LogP contribution is -2.47. The van der Waals surface area contributed by atoms with Crippen molar-refractivity contribution in [3.63, 3.8) is 0 Å². The summed E-state index contributed by atoms with van der Waals surface area (Å²) in [5.41, 5.74) is 3.09. The Bertz CT molecular complexity index is 798. The van der Waals surface area contributed by atoms with Gasteiger partial charge in [-0.25, -0.2) is 0 Å². The smallest absolute Gasteiger partial charge is 0.253 e. The molecule has 5 heteroatoms. The van der Waals surface area contributed by atoms with Crippen LogP contribution in [0, 0.1) is 0 Å². The van der Waals surface area contributed by atoms with Crippen LogP contribution in [0.1, 0.15) is 46.7 Å². The lowest BCUT2D eigenvalue weighted by Gasteiger charge is -2.34. The van der Waals surface area contributed by atoms with Gasteiger partial charge in [0.1, 0.15) is 0 Å². The minimum atomic E-state index is -0.0902. The first-order valence-corrected chi connectivity index (χ1v) is 9.30. The summed E-state index contributed by atoms with van der Waals surface area (Å²) in [6, 6.07) is 11.9. The van der Waals surface area contributed by atoms with Gasteiger partial charge in [-0.15, -0.1) is 0 Å². The highest BCUT2D eigenvalue weighted by molar-refractivity contribution is 5.94. The third-order valence-electron chi connectivity index (χ3n) is 5.50. The van der Waals surface area contributed by atoms with E-state index in [1.165, 1.54) is 11.1 Å². The van der Waals surface area contributed by atoms with Crippen molar-refractivity contribution in [2.45, 2.75) is 37.6 Å². The van der Waals surface area contributed by atoms with Crippen LogP contribution >= 0.6 is 0 Å². The topological polar surface area (TPSA) is 62.3 Å². The Kier molecular flexibility index (Phi) is 4.69. The Morgan fingerprint density at radius 2 is 1.85 bits per heavy atom. The summed E-state index contributed by atoms with van der Waals surface area (Å²) in [5.74, 6) is 0.160. The zero-order chi connectivity index (χ0) is 17.9. The van der Waals surface area contributed by atoms with Crippen LogP contribution in [0.4, 0.5) is 0 Å². The minimum Gasteiger partial charge on any atom is -0.349 e. The molecule has 1 aromatic heterocycles. The first-order chi connectivity index (χ1) is 12.7. The number of hydrogen-bond donors (Lipinski definition) is 1. The van der Waals surface area contributed by atoms with Crippen LogP contribution in [0.3, 0.4) is 0 Å². The van der Waals surface area contributed by atoms with Gasteiger partial charge in [0.15, 0.2) is 0 Å². The average molecular weight is 349 g/mol. The van der Waals surface area contributed by atoms with E-state index >= 15 is 0 Å². The molecule has 1 saturated heterocycles. The number of fused-ring (bicyclic) bond motifs is 1. The Morgan fingerprint density at radius 1 is 1.04 bits per heavy atom. The zero-order valence-corrected chi connectivity index (χ0v) is 14.7. The van der Waals surface area contributed by atoms with Crippen molar-refractivity contribution in [3.05, 3.63) is 65.5 Å². The zero-order valence-electron chi connectivity index (χ0n) is 14.7. The number of carbonyl (C=O) groups excluding carboxylic acids is 2. The lowest BCUT2D eigenvalue weighted by molar-refractivity contribution is -0.133. The molecule has 2 aliphatic rings. The molecule has 26 heavy (non-hydrogen) atoms. The quantitative estimate of drug-likeness (QED) is 0.926. The van der Waals surface area contributed by atoms with Crippen molar-refractivity contribution in [2.24, 2.45) is 0 Å². The largest absolute Gasteiger partial charge is 0.349 e. The number of nitrogens with one attached hydrogen (secondary N) is 1. The van der Waals surface area contributed by atoms with Gasteiger partial charge in [0.25, 0.3) is 5.91 Å². The van der Waals surface area contributed by atoms with E-state index in [0.717, 1.165) is 25.7 Å². The molecule has 1 atom stereocenters. The number of aromatic nitrogens is 1. The van der Waals surface area contributed by atoms with Gasteiger partial charge in [-0.2, -0.15) is 0 Å². The standard InChI is InChI=1S/C21H23N3O2/c25-20(16-5-3-11-22-14-16)23-17-9-12-24(13-10-17)21(26)19-8-7-15-4-1-2-6-18(15)19/h1-6,11,14,17,19H,7-10,12-13H2,(H,23,25)/t19-/m0/s1. The number of likely N-dealkylation sites (tertiary alicyclic amines) is 1. The van der Waals surface area contributed by atoms with Crippen molar-refractivity contribution in [3.8, 4) is 0 Å². The molecule has 0 spiro atoms. The predicted octanol–water partition coefficient (Wildman–Crippen LogP) is 2.53. The summed E-state index contributed by atoms with van der Waals surface area (Å²) in [4.78, 5) is 31.1. The van der Waals surface area contributed by atoms with Crippen LogP contribution in [-0.2, 0) is 11.2 Å². The Labute approximate surface area is 153 Å². The molecular weight excluding hydrogens is 326 g/mol. The number of benzene rings is 1. The van der Waals surface area contributed by atoms with Crippen LogP contribution in [0.15, 0.2) is 48.8 Å². The maximum atomic E-state index is 12.9. The number of carbonyl (C=O) groups is 2. The number of aryl methyl sites for hydroxylation is 1. The predicted molar refractivity (Wildman–Crippen MR) is 98.8 cm³/mol. The molecule has 4 rings (SSSR count). The van der Waals surface area contributed by atoms with Crippen molar-refractivity contribution in [2.75, 3.05) is 13.1 Å². The van der Waals surface area contributed by atoms with Gasteiger partial charge < -0.3 is 10.2 Å². The summed E-state index contributed by atoms with van der Waals surface area (Å²) >= 11 is 0. The van der Waals surface area contributed by atoms with Crippen LogP contribution < -0.4 is 5.32 Å². The van der Waals surface area contributed by atoms with Gasteiger partial charge in [0.2, 0.25) is 5.91 Å².